The van der Waals surface area contributed by atoms with Gasteiger partial charge in [0.1, 0.15) is 0 Å². The lowest BCUT2D eigenvalue weighted by Crippen LogP contribution is -2.45. The largest absolute Gasteiger partial charge is 0.335 e. The minimum absolute atomic E-state index is 0.0281. The maximum absolute atomic E-state index is 12.6. The van der Waals surface area contributed by atoms with E-state index in [1.807, 2.05) is 26.0 Å². The molecule has 2 amide bonds. The summed E-state index contributed by atoms with van der Waals surface area (Å²) in [7, 11) is 0. The minimum Gasteiger partial charge on any atom is -0.335 e. The Balaban J connectivity index is 2.06. The van der Waals surface area contributed by atoms with E-state index in [1.165, 1.54) is 0 Å². The first-order valence-electron chi connectivity index (χ1n) is 8.14. The number of nitriles is 1. The predicted octanol–water partition coefficient (Wildman–Crippen LogP) is 2.48. The Morgan fingerprint density at radius 2 is 2.04 bits per heavy atom. The average Bonchev–Trinajstić information content (AvgIpc) is 2.57. The standard InChI is InChI=1S/C18H23N3O2/c1-3-21(14(2)16-9-7-15(12-19)8-10-16)18(23)13-20-11-5-4-6-17(20)22/h7-10,14H,3-6,11,13H2,1-2H3. The molecule has 5 heteroatoms. The minimum atomic E-state index is -0.0832. The second-order valence-corrected chi connectivity index (χ2v) is 5.86. The SMILES string of the molecule is CCN(C(=O)CN1CCCCC1=O)C(C)c1ccc(C#N)cc1. The van der Waals surface area contributed by atoms with Gasteiger partial charge in [0, 0.05) is 19.5 Å². The molecule has 1 aromatic rings. The fraction of sp³-hybridized carbons (Fsp3) is 0.500. The second-order valence-electron chi connectivity index (χ2n) is 5.86. The van der Waals surface area contributed by atoms with Crippen molar-refractivity contribution in [3.63, 3.8) is 0 Å². The number of carbonyl (C=O) groups is 2. The van der Waals surface area contributed by atoms with Gasteiger partial charge in [-0.15, -0.1) is 0 Å². The highest BCUT2D eigenvalue weighted by Crippen LogP contribution is 2.21. The lowest BCUT2D eigenvalue weighted by Gasteiger charge is -2.32. The molecule has 0 radical (unpaired) electrons. The maximum Gasteiger partial charge on any atom is 0.242 e. The zero-order valence-electron chi connectivity index (χ0n) is 13.8. The highest BCUT2D eigenvalue weighted by Gasteiger charge is 2.25. The van der Waals surface area contributed by atoms with Gasteiger partial charge < -0.3 is 9.80 Å². The number of hydrogen-bond donors (Lipinski definition) is 0. The van der Waals surface area contributed by atoms with Crippen LogP contribution in [0.1, 0.15) is 50.3 Å². The third-order valence-electron chi connectivity index (χ3n) is 4.40. The highest BCUT2D eigenvalue weighted by molar-refractivity contribution is 5.85. The summed E-state index contributed by atoms with van der Waals surface area (Å²) in [5.41, 5.74) is 1.60. The number of likely N-dealkylation sites (tertiary alicyclic amines) is 1. The van der Waals surface area contributed by atoms with Crippen molar-refractivity contribution in [1.29, 1.82) is 5.26 Å². The molecule has 0 spiro atoms. The molecule has 2 rings (SSSR count). The van der Waals surface area contributed by atoms with Crippen molar-refractivity contribution in [3.8, 4) is 6.07 Å². The van der Waals surface area contributed by atoms with E-state index in [-0.39, 0.29) is 24.4 Å². The van der Waals surface area contributed by atoms with Gasteiger partial charge in [-0.3, -0.25) is 9.59 Å². The van der Waals surface area contributed by atoms with Crippen LogP contribution in [0.2, 0.25) is 0 Å². The van der Waals surface area contributed by atoms with Gasteiger partial charge in [0.2, 0.25) is 11.8 Å². The third kappa shape index (κ3) is 4.10. The molecule has 1 aromatic carbocycles. The van der Waals surface area contributed by atoms with Crippen molar-refractivity contribution >= 4 is 11.8 Å². The molecule has 1 unspecified atom stereocenters. The van der Waals surface area contributed by atoms with Crippen LogP contribution in [0.3, 0.4) is 0 Å². The molecule has 1 heterocycles. The predicted molar refractivity (Wildman–Crippen MR) is 87.4 cm³/mol. The first-order chi connectivity index (χ1) is 11.1. The number of amides is 2. The number of likely N-dealkylation sites (N-methyl/N-ethyl adjacent to an activating group) is 1. The van der Waals surface area contributed by atoms with E-state index >= 15 is 0 Å². The molecule has 0 N–H and O–H groups in total. The first kappa shape index (κ1) is 17.0. The quantitative estimate of drug-likeness (QED) is 0.839. The zero-order valence-corrected chi connectivity index (χ0v) is 13.8. The van der Waals surface area contributed by atoms with Crippen LogP contribution in [-0.2, 0) is 9.59 Å². The molecule has 1 fully saturated rings. The Labute approximate surface area is 137 Å². The number of rotatable bonds is 5. The summed E-state index contributed by atoms with van der Waals surface area (Å²) in [6, 6.07) is 9.29. The maximum atomic E-state index is 12.6. The lowest BCUT2D eigenvalue weighted by atomic mass is 10.0. The van der Waals surface area contributed by atoms with Crippen LogP contribution < -0.4 is 0 Å². The Morgan fingerprint density at radius 3 is 2.61 bits per heavy atom. The molecule has 1 aliphatic rings. The summed E-state index contributed by atoms with van der Waals surface area (Å²) in [6.07, 6.45) is 2.43. The van der Waals surface area contributed by atoms with Gasteiger partial charge in [0.15, 0.2) is 0 Å². The highest BCUT2D eigenvalue weighted by atomic mass is 16.2. The molecular formula is C18H23N3O2. The number of nitrogens with zero attached hydrogens (tertiary/aromatic N) is 3. The van der Waals surface area contributed by atoms with Crippen LogP contribution in [0, 0.1) is 11.3 Å². The smallest absolute Gasteiger partial charge is 0.242 e. The van der Waals surface area contributed by atoms with E-state index in [1.54, 1.807) is 21.9 Å². The summed E-state index contributed by atoms with van der Waals surface area (Å²) in [4.78, 5) is 27.9. The van der Waals surface area contributed by atoms with Gasteiger partial charge in [0.25, 0.3) is 0 Å². The number of piperidine rings is 1. The second kappa shape index (κ2) is 7.77. The van der Waals surface area contributed by atoms with Gasteiger partial charge in [-0.1, -0.05) is 12.1 Å². The molecule has 5 nitrogen and oxygen atoms in total. The van der Waals surface area contributed by atoms with Crippen molar-refractivity contribution in [3.05, 3.63) is 35.4 Å². The summed E-state index contributed by atoms with van der Waals surface area (Å²) in [5.74, 6) is 0.0475. The summed E-state index contributed by atoms with van der Waals surface area (Å²) in [5, 5.41) is 8.87. The Kier molecular flexibility index (Phi) is 5.75. The van der Waals surface area contributed by atoms with Crippen LogP contribution in [0.4, 0.5) is 0 Å². The fourth-order valence-corrected chi connectivity index (χ4v) is 2.97. The third-order valence-corrected chi connectivity index (χ3v) is 4.40. The van der Waals surface area contributed by atoms with Crippen LogP contribution >= 0.6 is 0 Å². The zero-order chi connectivity index (χ0) is 16.8. The molecule has 1 atom stereocenters. The van der Waals surface area contributed by atoms with E-state index in [0.717, 1.165) is 18.4 Å². The van der Waals surface area contributed by atoms with Crippen LogP contribution in [0.15, 0.2) is 24.3 Å². The van der Waals surface area contributed by atoms with Crippen LogP contribution in [-0.4, -0.2) is 41.2 Å². The topological polar surface area (TPSA) is 64.4 Å². The van der Waals surface area contributed by atoms with E-state index in [9.17, 15) is 9.59 Å². The van der Waals surface area contributed by atoms with Crippen molar-refractivity contribution in [1.82, 2.24) is 9.80 Å². The van der Waals surface area contributed by atoms with E-state index in [0.29, 0.717) is 25.1 Å². The van der Waals surface area contributed by atoms with Crippen molar-refractivity contribution in [2.75, 3.05) is 19.6 Å². The number of carbonyl (C=O) groups excluding carboxylic acids is 2. The monoisotopic (exact) mass is 313 g/mol. The van der Waals surface area contributed by atoms with Crippen molar-refractivity contribution < 1.29 is 9.59 Å². The van der Waals surface area contributed by atoms with Crippen molar-refractivity contribution in [2.24, 2.45) is 0 Å². The number of benzene rings is 1. The number of hydrogen-bond acceptors (Lipinski definition) is 3. The van der Waals surface area contributed by atoms with E-state index < -0.39 is 0 Å². The van der Waals surface area contributed by atoms with Gasteiger partial charge in [0.05, 0.1) is 24.2 Å². The summed E-state index contributed by atoms with van der Waals surface area (Å²) < 4.78 is 0. The molecule has 0 bridgehead atoms. The van der Waals surface area contributed by atoms with Gasteiger partial charge in [-0.2, -0.15) is 5.26 Å². The van der Waals surface area contributed by atoms with Crippen molar-refractivity contribution in [2.45, 2.75) is 39.2 Å². The molecule has 122 valence electrons. The summed E-state index contributed by atoms with van der Waals surface area (Å²) in [6.45, 7) is 5.33. The normalized spacial score (nSPS) is 15.9. The molecule has 23 heavy (non-hydrogen) atoms. The molecular weight excluding hydrogens is 290 g/mol. The van der Waals surface area contributed by atoms with Gasteiger partial charge in [-0.25, -0.2) is 0 Å². The Bertz CT molecular complexity index is 604. The summed E-state index contributed by atoms with van der Waals surface area (Å²) >= 11 is 0. The molecule has 1 saturated heterocycles. The molecule has 0 saturated carbocycles. The first-order valence-corrected chi connectivity index (χ1v) is 8.14. The Hall–Kier alpha value is -2.35. The average molecular weight is 313 g/mol. The van der Waals surface area contributed by atoms with E-state index in [2.05, 4.69) is 6.07 Å². The molecule has 1 aliphatic heterocycles. The van der Waals surface area contributed by atoms with Crippen LogP contribution in [0.5, 0.6) is 0 Å². The fourth-order valence-electron chi connectivity index (χ4n) is 2.97. The van der Waals surface area contributed by atoms with Crippen LogP contribution in [0.25, 0.3) is 0 Å². The van der Waals surface area contributed by atoms with Gasteiger partial charge in [-0.05, 0) is 44.4 Å². The molecule has 0 aromatic heterocycles. The van der Waals surface area contributed by atoms with Gasteiger partial charge >= 0.3 is 0 Å². The lowest BCUT2D eigenvalue weighted by molar-refractivity contribution is -0.143. The van der Waals surface area contributed by atoms with E-state index in [4.69, 9.17) is 5.26 Å². The molecule has 0 aliphatic carbocycles. The Morgan fingerprint density at radius 1 is 1.35 bits per heavy atom.